The van der Waals surface area contributed by atoms with Crippen molar-refractivity contribution < 1.29 is 18.7 Å². The minimum absolute atomic E-state index is 0.0541. The van der Waals surface area contributed by atoms with Gasteiger partial charge in [-0.15, -0.1) is 0 Å². The van der Waals surface area contributed by atoms with Crippen LogP contribution in [0.1, 0.15) is 22.5 Å². The first-order chi connectivity index (χ1) is 12.2. The number of hydrogen-bond donors (Lipinski definition) is 1. The molecule has 4 rings (SSSR count). The molecule has 1 amide bonds. The average molecular weight is 341 g/mol. The topological polar surface area (TPSA) is 60.7 Å². The average Bonchev–Trinajstić information content (AvgIpc) is 3.24. The standard InChI is InChI=1S/C20H23NO4/c1-12-6-7-17(25-12)13-4-3-5-14(10-13)20(22)21-18-15-8-9-24-19(15)16(18)11-23-2/h3-7,10,15-16,18-19H,8-9,11H2,1-2H3,(H,21,22)/t15-,16-,18-,19-/m1/s1. The second kappa shape index (κ2) is 6.65. The highest BCUT2D eigenvalue weighted by Gasteiger charge is 2.54. The highest BCUT2D eigenvalue weighted by atomic mass is 16.5. The number of aryl methyl sites for hydroxylation is 1. The van der Waals surface area contributed by atoms with E-state index in [4.69, 9.17) is 13.9 Å². The van der Waals surface area contributed by atoms with Gasteiger partial charge in [-0.2, -0.15) is 0 Å². The highest BCUT2D eigenvalue weighted by molar-refractivity contribution is 5.95. The third-order valence-corrected chi connectivity index (χ3v) is 5.33. The van der Waals surface area contributed by atoms with Crippen molar-refractivity contribution in [2.45, 2.75) is 25.5 Å². The molecule has 4 atom stereocenters. The molecule has 2 heterocycles. The van der Waals surface area contributed by atoms with E-state index in [0.717, 1.165) is 30.1 Å². The Bertz CT molecular complexity index is 769. The summed E-state index contributed by atoms with van der Waals surface area (Å²) in [6.07, 6.45) is 1.23. The van der Waals surface area contributed by atoms with Gasteiger partial charge in [-0.1, -0.05) is 12.1 Å². The molecule has 2 aromatic rings. The lowest BCUT2D eigenvalue weighted by atomic mass is 9.67. The molecule has 2 aliphatic rings. The number of fused-ring (bicyclic) bond motifs is 1. The predicted octanol–water partition coefficient (Wildman–Crippen LogP) is 3.03. The van der Waals surface area contributed by atoms with Gasteiger partial charge in [0.25, 0.3) is 5.91 Å². The van der Waals surface area contributed by atoms with Crippen LogP contribution in [-0.4, -0.2) is 38.4 Å². The summed E-state index contributed by atoms with van der Waals surface area (Å²) in [7, 11) is 1.69. The summed E-state index contributed by atoms with van der Waals surface area (Å²) in [5.41, 5.74) is 1.55. The van der Waals surface area contributed by atoms with Gasteiger partial charge < -0.3 is 19.2 Å². The van der Waals surface area contributed by atoms with Crippen LogP contribution in [0, 0.1) is 18.8 Å². The monoisotopic (exact) mass is 341 g/mol. The van der Waals surface area contributed by atoms with Crippen LogP contribution >= 0.6 is 0 Å². The number of carbonyl (C=O) groups excluding carboxylic acids is 1. The molecule has 1 aromatic carbocycles. The fourth-order valence-corrected chi connectivity index (χ4v) is 4.07. The van der Waals surface area contributed by atoms with E-state index < -0.39 is 0 Å². The SMILES string of the molecule is COC[C@@H]1[C@H](NC(=O)c2cccc(-c3ccc(C)o3)c2)[C@H]2CCO[C@H]21. The number of ether oxygens (including phenoxy) is 2. The van der Waals surface area contributed by atoms with Crippen molar-refractivity contribution in [2.24, 2.45) is 11.8 Å². The Labute approximate surface area is 147 Å². The van der Waals surface area contributed by atoms with E-state index in [9.17, 15) is 4.79 Å². The van der Waals surface area contributed by atoms with Gasteiger partial charge in [0.2, 0.25) is 0 Å². The van der Waals surface area contributed by atoms with E-state index in [0.29, 0.717) is 18.1 Å². The molecular formula is C20H23NO4. The van der Waals surface area contributed by atoms with Crippen molar-refractivity contribution in [3.63, 3.8) is 0 Å². The van der Waals surface area contributed by atoms with Crippen molar-refractivity contribution >= 4 is 5.91 Å². The Morgan fingerprint density at radius 2 is 2.20 bits per heavy atom. The zero-order chi connectivity index (χ0) is 17.4. The molecule has 0 radical (unpaired) electrons. The summed E-state index contributed by atoms with van der Waals surface area (Å²) >= 11 is 0. The zero-order valence-corrected chi connectivity index (χ0v) is 14.5. The zero-order valence-electron chi connectivity index (χ0n) is 14.5. The van der Waals surface area contributed by atoms with Crippen LogP contribution in [0.2, 0.25) is 0 Å². The number of methoxy groups -OCH3 is 1. The molecule has 0 bridgehead atoms. The minimum atomic E-state index is -0.0541. The molecule has 0 unspecified atom stereocenters. The lowest BCUT2D eigenvalue weighted by Gasteiger charge is -2.47. The Balaban J connectivity index is 1.49. The van der Waals surface area contributed by atoms with E-state index in [-0.39, 0.29) is 24.0 Å². The van der Waals surface area contributed by atoms with Gasteiger partial charge >= 0.3 is 0 Å². The fraction of sp³-hybridized carbons (Fsp3) is 0.450. The second-order valence-corrected chi connectivity index (χ2v) is 6.90. The molecule has 1 aliphatic carbocycles. The first-order valence-corrected chi connectivity index (χ1v) is 8.75. The molecule has 1 aromatic heterocycles. The molecule has 1 saturated carbocycles. The Hall–Kier alpha value is -2.11. The number of hydrogen-bond acceptors (Lipinski definition) is 4. The van der Waals surface area contributed by atoms with Crippen molar-refractivity contribution in [3.05, 3.63) is 47.7 Å². The van der Waals surface area contributed by atoms with Crippen molar-refractivity contribution in [1.29, 1.82) is 0 Å². The normalized spacial score (nSPS) is 27.6. The lowest BCUT2D eigenvalue weighted by molar-refractivity contribution is -0.0809. The van der Waals surface area contributed by atoms with E-state index >= 15 is 0 Å². The predicted molar refractivity (Wildman–Crippen MR) is 93.3 cm³/mol. The lowest BCUT2D eigenvalue weighted by Crippen LogP contribution is -2.62. The van der Waals surface area contributed by atoms with Gasteiger partial charge in [0.1, 0.15) is 11.5 Å². The molecular weight excluding hydrogens is 318 g/mol. The van der Waals surface area contributed by atoms with Crippen LogP contribution in [0.25, 0.3) is 11.3 Å². The van der Waals surface area contributed by atoms with Crippen LogP contribution in [0.4, 0.5) is 0 Å². The number of carbonyl (C=O) groups is 1. The molecule has 5 nitrogen and oxygen atoms in total. The number of amides is 1. The van der Waals surface area contributed by atoms with Gasteiger partial charge in [-0.25, -0.2) is 0 Å². The second-order valence-electron chi connectivity index (χ2n) is 6.90. The maximum Gasteiger partial charge on any atom is 0.251 e. The maximum absolute atomic E-state index is 12.8. The maximum atomic E-state index is 12.8. The van der Waals surface area contributed by atoms with Crippen LogP contribution in [0.15, 0.2) is 40.8 Å². The molecule has 1 N–H and O–H groups in total. The van der Waals surface area contributed by atoms with E-state index in [1.807, 2.05) is 43.3 Å². The summed E-state index contributed by atoms with van der Waals surface area (Å²) < 4.78 is 16.7. The molecule has 25 heavy (non-hydrogen) atoms. The van der Waals surface area contributed by atoms with E-state index in [1.54, 1.807) is 7.11 Å². The Kier molecular flexibility index (Phi) is 4.36. The Morgan fingerprint density at radius 3 is 2.96 bits per heavy atom. The van der Waals surface area contributed by atoms with Crippen molar-refractivity contribution in [3.8, 4) is 11.3 Å². The van der Waals surface area contributed by atoms with Crippen molar-refractivity contribution in [1.82, 2.24) is 5.32 Å². The Morgan fingerprint density at radius 1 is 1.32 bits per heavy atom. The van der Waals surface area contributed by atoms with Gasteiger partial charge in [-0.05, 0) is 37.6 Å². The summed E-state index contributed by atoms with van der Waals surface area (Å²) in [4.78, 5) is 12.8. The quantitative estimate of drug-likeness (QED) is 0.908. The van der Waals surface area contributed by atoms with Crippen molar-refractivity contribution in [2.75, 3.05) is 20.3 Å². The first kappa shape index (κ1) is 16.4. The number of nitrogens with one attached hydrogen (secondary N) is 1. The summed E-state index contributed by atoms with van der Waals surface area (Å²) in [5, 5.41) is 3.19. The van der Waals surface area contributed by atoms with E-state index in [1.165, 1.54) is 0 Å². The van der Waals surface area contributed by atoms with Crippen LogP contribution < -0.4 is 5.32 Å². The fourth-order valence-electron chi connectivity index (χ4n) is 4.07. The van der Waals surface area contributed by atoms with Crippen LogP contribution in [0.5, 0.6) is 0 Å². The smallest absolute Gasteiger partial charge is 0.251 e. The first-order valence-electron chi connectivity index (χ1n) is 8.75. The molecule has 0 spiro atoms. The third-order valence-electron chi connectivity index (χ3n) is 5.33. The van der Waals surface area contributed by atoms with E-state index in [2.05, 4.69) is 5.32 Å². The molecule has 1 saturated heterocycles. The number of furan rings is 1. The van der Waals surface area contributed by atoms with Gasteiger partial charge in [0.05, 0.1) is 12.7 Å². The number of benzene rings is 1. The van der Waals surface area contributed by atoms with Crippen LogP contribution in [0.3, 0.4) is 0 Å². The molecule has 2 fully saturated rings. The van der Waals surface area contributed by atoms with Crippen LogP contribution in [-0.2, 0) is 9.47 Å². The summed E-state index contributed by atoms with van der Waals surface area (Å²) in [6.45, 7) is 3.29. The molecule has 132 valence electrons. The number of rotatable bonds is 5. The summed E-state index contributed by atoms with van der Waals surface area (Å²) in [5.74, 6) is 2.21. The van der Waals surface area contributed by atoms with Gasteiger partial charge in [0.15, 0.2) is 0 Å². The molecule has 5 heteroatoms. The summed E-state index contributed by atoms with van der Waals surface area (Å²) in [6, 6.07) is 11.5. The molecule has 1 aliphatic heterocycles. The largest absolute Gasteiger partial charge is 0.461 e. The minimum Gasteiger partial charge on any atom is -0.461 e. The van der Waals surface area contributed by atoms with Gasteiger partial charge in [0, 0.05) is 42.7 Å². The van der Waals surface area contributed by atoms with Gasteiger partial charge in [-0.3, -0.25) is 4.79 Å². The third kappa shape index (κ3) is 2.98. The highest BCUT2D eigenvalue weighted by Crippen LogP contribution is 2.43.